The molecule has 196 valence electrons. The van der Waals surface area contributed by atoms with Crippen molar-refractivity contribution in [3.63, 3.8) is 0 Å². The van der Waals surface area contributed by atoms with E-state index in [-0.39, 0.29) is 37.0 Å². The van der Waals surface area contributed by atoms with Crippen molar-refractivity contribution >= 4 is 11.8 Å². The zero-order valence-electron chi connectivity index (χ0n) is 22.0. The lowest BCUT2D eigenvalue weighted by Crippen LogP contribution is -2.47. The van der Waals surface area contributed by atoms with Gasteiger partial charge in [0.05, 0.1) is 51.6 Å². The molecule has 0 unspecified atom stereocenters. The van der Waals surface area contributed by atoms with E-state index in [0.717, 1.165) is 11.1 Å². The molecular formula is C28H40N4O4. The second-order valence-corrected chi connectivity index (χ2v) is 9.42. The fourth-order valence-electron chi connectivity index (χ4n) is 4.45. The van der Waals surface area contributed by atoms with Crippen molar-refractivity contribution < 1.29 is 19.1 Å². The highest BCUT2D eigenvalue weighted by Gasteiger charge is 2.36. The average Bonchev–Trinajstić information content (AvgIpc) is 2.88. The molecule has 0 radical (unpaired) electrons. The number of benzene rings is 2. The third kappa shape index (κ3) is 7.86. The number of nitrogens with zero attached hydrogens (tertiary/aromatic N) is 4. The molecule has 8 heteroatoms. The Balaban J connectivity index is 2.00. The Kier molecular flexibility index (Phi) is 10.9. The molecule has 1 saturated heterocycles. The summed E-state index contributed by atoms with van der Waals surface area (Å²) in [7, 11) is 7.50. The van der Waals surface area contributed by atoms with Crippen LogP contribution in [0.2, 0.25) is 0 Å². The lowest BCUT2D eigenvalue weighted by atomic mass is 9.90. The van der Waals surface area contributed by atoms with Gasteiger partial charge in [-0.15, -0.1) is 0 Å². The van der Waals surface area contributed by atoms with E-state index in [1.54, 1.807) is 9.80 Å². The number of hydrogen-bond donors (Lipinski definition) is 0. The van der Waals surface area contributed by atoms with Crippen molar-refractivity contribution in [2.45, 2.75) is 12.1 Å². The minimum Gasteiger partial charge on any atom is -0.378 e. The maximum atomic E-state index is 13.5. The molecule has 0 bridgehead atoms. The molecule has 2 atom stereocenters. The normalized spacial score (nSPS) is 23.3. The Hall–Kier alpha value is -2.78. The first-order valence-electron chi connectivity index (χ1n) is 12.5. The summed E-state index contributed by atoms with van der Waals surface area (Å²) in [5.41, 5.74) is 1.95. The third-order valence-corrected chi connectivity index (χ3v) is 6.62. The molecule has 0 spiro atoms. The van der Waals surface area contributed by atoms with Gasteiger partial charge in [-0.2, -0.15) is 0 Å². The molecule has 8 nitrogen and oxygen atoms in total. The van der Waals surface area contributed by atoms with Crippen LogP contribution in [-0.4, -0.2) is 112 Å². The van der Waals surface area contributed by atoms with Gasteiger partial charge in [-0.1, -0.05) is 60.7 Å². The Morgan fingerprint density at radius 2 is 0.944 bits per heavy atom. The molecule has 0 N–H and O–H groups in total. The van der Waals surface area contributed by atoms with Gasteiger partial charge < -0.3 is 19.3 Å². The summed E-state index contributed by atoms with van der Waals surface area (Å²) in [5, 5.41) is 0. The lowest BCUT2D eigenvalue weighted by Gasteiger charge is -2.41. The molecule has 1 aliphatic heterocycles. The zero-order chi connectivity index (χ0) is 25.9. The van der Waals surface area contributed by atoms with E-state index in [1.165, 1.54) is 0 Å². The topological polar surface area (TPSA) is 65.6 Å². The van der Waals surface area contributed by atoms with Gasteiger partial charge in [-0.3, -0.25) is 19.4 Å². The van der Waals surface area contributed by atoms with Gasteiger partial charge in [0.25, 0.3) is 0 Å². The van der Waals surface area contributed by atoms with Crippen LogP contribution >= 0.6 is 0 Å². The highest BCUT2D eigenvalue weighted by Crippen LogP contribution is 2.37. The standard InChI is InChI=1S/C28H40N4O4/c1-29-15-17-35-19-20-36-18-16-30(2)22-26(34)32(4)28(24-13-9-6-10-14-24)27(31(3)25(33)21-29)23-11-7-5-8-12-23/h5-14,27-28H,15-22H2,1-4H3/t27-,28-/m0/s1. The van der Waals surface area contributed by atoms with E-state index in [2.05, 4.69) is 0 Å². The average molecular weight is 497 g/mol. The monoisotopic (exact) mass is 496 g/mol. The zero-order valence-corrected chi connectivity index (χ0v) is 22.0. The number of carbonyl (C=O) groups excluding carboxylic acids is 2. The van der Waals surface area contributed by atoms with Crippen molar-refractivity contribution in [1.82, 2.24) is 19.6 Å². The van der Waals surface area contributed by atoms with Gasteiger partial charge in [-0.25, -0.2) is 0 Å². The summed E-state index contributed by atoms with van der Waals surface area (Å²) in [6.45, 7) is 3.84. The summed E-state index contributed by atoms with van der Waals surface area (Å²) in [4.78, 5) is 34.6. The Morgan fingerprint density at radius 3 is 1.31 bits per heavy atom. The van der Waals surface area contributed by atoms with Crippen LogP contribution in [0.3, 0.4) is 0 Å². The van der Waals surface area contributed by atoms with Crippen LogP contribution in [0.4, 0.5) is 0 Å². The maximum Gasteiger partial charge on any atom is 0.237 e. The smallest absolute Gasteiger partial charge is 0.237 e. The van der Waals surface area contributed by atoms with Crippen LogP contribution < -0.4 is 0 Å². The Morgan fingerprint density at radius 1 is 0.583 bits per heavy atom. The molecule has 2 aromatic carbocycles. The van der Waals surface area contributed by atoms with Crippen molar-refractivity contribution in [2.75, 3.05) is 80.8 Å². The number of ether oxygens (including phenoxy) is 2. The second-order valence-electron chi connectivity index (χ2n) is 9.42. The summed E-state index contributed by atoms with van der Waals surface area (Å²) >= 11 is 0. The van der Waals surface area contributed by atoms with E-state index in [9.17, 15) is 9.59 Å². The number of likely N-dealkylation sites (N-methyl/N-ethyl adjacent to an activating group) is 4. The summed E-state index contributed by atoms with van der Waals surface area (Å²) < 4.78 is 11.3. The summed E-state index contributed by atoms with van der Waals surface area (Å²) in [6, 6.07) is 19.2. The fourth-order valence-corrected chi connectivity index (χ4v) is 4.45. The quantitative estimate of drug-likeness (QED) is 0.636. The molecule has 1 fully saturated rings. The summed E-state index contributed by atoms with van der Waals surface area (Å²) in [6.07, 6.45) is 0. The number of hydrogen-bond acceptors (Lipinski definition) is 6. The minimum absolute atomic E-state index is 0.0188. The molecule has 0 saturated carbocycles. The van der Waals surface area contributed by atoms with Crippen LogP contribution in [0, 0.1) is 0 Å². The maximum absolute atomic E-state index is 13.5. The van der Waals surface area contributed by atoms with Gasteiger partial charge in [0.15, 0.2) is 0 Å². The molecular weight excluding hydrogens is 456 g/mol. The predicted molar refractivity (Wildman–Crippen MR) is 141 cm³/mol. The van der Waals surface area contributed by atoms with Crippen molar-refractivity contribution in [1.29, 1.82) is 0 Å². The highest BCUT2D eigenvalue weighted by atomic mass is 16.5. The molecule has 2 aromatic rings. The van der Waals surface area contributed by atoms with Crippen LogP contribution in [0.1, 0.15) is 23.2 Å². The summed E-state index contributed by atoms with van der Waals surface area (Å²) in [5.74, 6) is -0.0376. The number of carbonyl (C=O) groups is 2. The van der Waals surface area contributed by atoms with Crippen LogP contribution in [0.25, 0.3) is 0 Å². The van der Waals surface area contributed by atoms with Crippen LogP contribution in [0.5, 0.6) is 0 Å². The molecule has 1 aliphatic rings. The SMILES string of the molecule is CN1CCOCCOCCN(C)CC(=O)N(C)[C@@H](c2ccccc2)[C@H](c2ccccc2)N(C)C(=O)C1. The van der Waals surface area contributed by atoms with E-state index >= 15 is 0 Å². The molecule has 36 heavy (non-hydrogen) atoms. The molecule has 3 rings (SSSR count). The van der Waals surface area contributed by atoms with Gasteiger partial charge in [0.1, 0.15) is 0 Å². The first-order chi connectivity index (χ1) is 17.4. The van der Waals surface area contributed by atoms with Gasteiger partial charge in [0, 0.05) is 27.2 Å². The second kappa shape index (κ2) is 14.1. The fraction of sp³-hybridized carbons (Fsp3) is 0.500. The van der Waals surface area contributed by atoms with Crippen molar-refractivity contribution in [3.8, 4) is 0 Å². The van der Waals surface area contributed by atoms with E-state index in [4.69, 9.17) is 9.47 Å². The predicted octanol–water partition coefficient (Wildman–Crippen LogP) is 2.30. The molecule has 0 aromatic heterocycles. The largest absolute Gasteiger partial charge is 0.378 e. The lowest BCUT2D eigenvalue weighted by molar-refractivity contribution is -0.140. The van der Waals surface area contributed by atoms with Crippen molar-refractivity contribution in [3.05, 3.63) is 71.8 Å². The number of amides is 2. The Bertz CT molecular complexity index is 866. The van der Waals surface area contributed by atoms with E-state index in [0.29, 0.717) is 39.5 Å². The van der Waals surface area contributed by atoms with Gasteiger partial charge in [-0.05, 0) is 25.2 Å². The first-order valence-corrected chi connectivity index (χ1v) is 12.5. The highest BCUT2D eigenvalue weighted by molar-refractivity contribution is 5.80. The van der Waals surface area contributed by atoms with Crippen molar-refractivity contribution in [2.24, 2.45) is 0 Å². The third-order valence-electron chi connectivity index (χ3n) is 6.62. The van der Waals surface area contributed by atoms with Gasteiger partial charge in [0.2, 0.25) is 11.8 Å². The number of rotatable bonds is 2. The molecule has 1 heterocycles. The first kappa shape index (κ1) is 27.8. The van der Waals surface area contributed by atoms with Crippen LogP contribution in [0.15, 0.2) is 60.7 Å². The van der Waals surface area contributed by atoms with Crippen LogP contribution in [-0.2, 0) is 19.1 Å². The molecule has 0 aliphatic carbocycles. The van der Waals surface area contributed by atoms with E-state index in [1.807, 2.05) is 98.7 Å². The Labute approximate surface area is 215 Å². The van der Waals surface area contributed by atoms with Gasteiger partial charge >= 0.3 is 0 Å². The minimum atomic E-state index is -0.368. The van der Waals surface area contributed by atoms with E-state index < -0.39 is 0 Å². The molecule has 2 amide bonds.